The predicted molar refractivity (Wildman–Crippen MR) is 73.1 cm³/mol. The first-order valence-corrected chi connectivity index (χ1v) is 6.66. The quantitative estimate of drug-likeness (QED) is 0.682. The molecule has 0 fully saturated rings. The Morgan fingerprint density at radius 3 is 3.10 bits per heavy atom. The summed E-state index contributed by atoms with van der Waals surface area (Å²) in [6.07, 6.45) is 3.12. The summed E-state index contributed by atoms with van der Waals surface area (Å²) in [6.45, 7) is 3.17. The number of nitrogens with zero attached hydrogens (tertiary/aromatic N) is 4. The lowest BCUT2D eigenvalue weighted by atomic mass is 10.1. The Hall–Kier alpha value is -2.37. The third-order valence-electron chi connectivity index (χ3n) is 3.53. The van der Waals surface area contributed by atoms with Crippen LogP contribution in [0.3, 0.4) is 0 Å². The lowest BCUT2D eigenvalue weighted by Gasteiger charge is -2.10. The fourth-order valence-electron chi connectivity index (χ4n) is 2.52. The van der Waals surface area contributed by atoms with Gasteiger partial charge in [-0.05, 0) is 25.8 Å². The van der Waals surface area contributed by atoms with Crippen molar-refractivity contribution in [1.29, 1.82) is 0 Å². The van der Waals surface area contributed by atoms with E-state index in [-0.39, 0.29) is 0 Å². The van der Waals surface area contributed by atoms with Crippen LogP contribution in [-0.2, 0) is 19.6 Å². The summed E-state index contributed by atoms with van der Waals surface area (Å²) < 4.78 is 7.68. The monoisotopic (exact) mass is 272 g/mol. The van der Waals surface area contributed by atoms with Gasteiger partial charge in [0.25, 0.3) is 0 Å². The first-order chi connectivity index (χ1) is 9.83. The van der Waals surface area contributed by atoms with E-state index in [1.165, 1.54) is 6.33 Å². The van der Waals surface area contributed by atoms with Crippen molar-refractivity contribution in [3.05, 3.63) is 41.5 Å². The second kappa shape index (κ2) is 5.32. The molecule has 1 heterocycles. The van der Waals surface area contributed by atoms with E-state index in [4.69, 9.17) is 9.94 Å². The Morgan fingerprint density at radius 1 is 1.40 bits per heavy atom. The highest BCUT2D eigenvalue weighted by atomic mass is 16.5. The van der Waals surface area contributed by atoms with Crippen LogP contribution in [0.5, 0.6) is 5.75 Å². The van der Waals surface area contributed by atoms with Crippen LogP contribution in [0.2, 0.25) is 0 Å². The number of benzene rings is 1. The van der Waals surface area contributed by atoms with Crippen LogP contribution in [0, 0.1) is 0 Å². The van der Waals surface area contributed by atoms with E-state index >= 15 is 0 Å². The Balaban J connectivity index is 1.81. The zero-order valence-electron chi connectivity index (χ0n) is 11.3. The van der Waals surface area contributed by atoms with Gasteiger partial charge in [0.2, 0.25) is 0 Å². The maximum absolute atomic E-state index is 8.98. The normalized spacial score (nSPS) is 15.6. The van der Waals surface area contributed by atoms with Gasteiger partial charge in [-0.25, -0.2) is 9.67 Å². The molecular formula is C14H16N4O2. The summed E-state index contributed by atoms with van der Waals surface area (Å²) in [4.78, 5) is 4.19. The molecule has 1 aliphatic rings. The summed E-state index contributed by atoms with van der Waals surface area (Å²) in [7, 11) is 0. The maximum Gasteiger partial charge on any atom is 0.164 e. The van der Waals surface area contributed by atoms with Crippen molar-refractivity contribution in [2.45, 2.75) is 32.9 Å². The molecular weight excluding hydrogens is 256 g/mol. The van der Waals surface area contributed by atoms with Crippen LogP contribution in [0.15, 0.2) is 29.7 Å². The van der Waals surface area contributed by atoms with E-state index < -0.39 is 0 Å². The van der Waals surface area contributed by atoms with Crippen molar-refractivity contribution in [1.82, 2.24) is 14.8 Å². The highest BCUT2D eigenvalue weighted by Gasteiger charge is 2.21. The molecule has 1 N–H and O–H groups in total. The molecule has 104 valence electrons. The van der Waals surface area contributed by atoms with E-state index in [1.807, 2.05) is 29.8 Å². The van der Waals surface area contributed by atoms with Crippen LogP contribution in [0.25, 0.3) is 0 Å². The zero-order chi connectivity index (χ0) is 13.9. The molecule has 0 unspecified atom stereocenters. The number of aryl methyl sites for hydroxylation is 1. The molecule has 0 atom stereocenters. The predicted octanol–water partition coefficient (Wildman–Crippen LogP) is 2.00. The lowest BCUT2D eigenvalue weighted by Crippen LogP contribution is -2.08. The van der Waals surface area contributed by atoms with Crippen LogP contribution < -0.4 is 4.74 Å². The van der Waals surface area contributed by atoms with Crippen molar-refractivity contribution >= 4 is 5.71 Å². The Morgan fingerprint density at radius 2 is 2.30 bits per heavy atom. The van der Waals surface area contributed by atoms with Crippen molar-refractivity contribution in [2.24, 2.45) is 5.16 Å². The van der Waals surface area contributed by atoms with Crippen molar-refractivity contribution < 1.29 is 9.94 Å². The molecule has 1 aliphatic carbocycles. The molecule has 0 amide bonds. The van der Waals surface area contributed by atoms with Crippen LogP contribution in [0.1, 0.15) is 30.3 Å². The molecule has 6 nitrogen and oxygen atoms in total. The number of fused-ring (bicyclic) bond motifs is 1. The van der Waals surface area contributed by atoms with Gasteiger partial charge in [-0.3, -0.25) is 0 Å². The fourth-order valence-corrected chi connectivity index (χ4v) is 2.52. The molecule has 0 saturated carbocycles. The third-order valence-corrected chi connectivity index (χ3v) is 3.53. The zero-order valence-corrected chi connectivity index (χ0v) is 11.3. The first kappa shape index (κ1) is 12.7. The van der Waals surface area contributed by atoms with Gasteiger partial charge < -0.3 is 9.94 Å². The molecule has 0 radical (unpaired) electrons. The molecule has 1 aromatic carbocycles. The molecule has 0 aliphatic heterocycles. The molecule has 1 aromatic heterocycles. The summed E-state index contributed by atoms with van der Waals surface area (Å²) in [6, 6.07) is 5.81. The number of rotatable bonds is 4. The number of oxime groups is 1. The van der Waals surface area contributed by atoms with E-state index in [0.717, 1.165) is 47.8 Å². The van der Waals surface area contributed by atoms with Gasteiger partial charge in [0.05, 0.1) is 5.71 Å². The second-order valence-electron chi connectivity index (χ2n) is 4.61. The number of ether oxygens (including phenoxy) is 1. The minimum absolute atomic E-state index is 0.385. The summed E-state index contributed by atoms with van der Waals surface area (Å²) >= 11 is 0. The van der Waals surface area contributed by atoms with Crippen molar-refractivity contribution in [3.63, 3.8) is 0 Å². The Labute approximate surface area is 116 Å². The van der Waals surface area contributed by atoms with Gasteiger partial charge in [-0.2, -0.15) is 5.10 Å². The van der Waals surface area contributed by atoms with Crippen LogP contribution in [-0.4, -0.2) is 25.7 Å². The number of hydrogen-bond donors (Lipinski definition) is 1. The maximum atomic E-state index is 8.98. The Kier molecular flexibility index (Phi) is 3.37. The summed E-state index contributed by atoms with van der Waals surface area (Å²) in [5.41, 5.74) is 2.80. The average Bonchev–Trinajstić information content (AvgIpc) is 3.11. The Bertz CT molecular complexity index is 648. The van der Waals surface area contributed by atoms with Crippen LogP contribution >= 0.6 is 0 Å². The van der Waals surface area contributed by atoms with E-state index in [9.17, 15) is 0 Å². The largest absolute Gasteiger partial charge is 0.485 e. The minimum atomic E-state index is 0.385. The first-order valence-electron chi connectivity index (χ1n) is 6.66. The molecule has 20 heavy (non-hydrogen) atoms. The SMILES string of the molecule is CCn1ncnc1COc1cccc2c1CCC2=NO. The molecule has 0 bridgehead atoms. The van der Waals surface area contributed by atoms with Crippen molar-refractivity contribution in [3.8, 4) is 5.75 Å². The number of hydrogen-bond acceptors (Lipinski definition) is 5. The lowest BCUT2D eigenvalue weighted by molar-refractivity contribution is 0.284. The topological polar surface area (TPSA) is 72.5 Å². The van der Waals surface area contributed by atoms with Gasteiger partial charge in [-0.1, -0.05) is 17.3 Å². The highest BCUT2D eigenvalue weighted by molar-refractivity contribution is 6.04. The fraction of sp³-hybridized carbons (Fsp3) is 0.357. The summed E-state index contributed by atoms with van der Waals surface area (Å²) in [5, 5.41) is 16.4. The van der Waals surface area contributed by atoms with Crippen molar-refractivity contribution in [2.75, 3.05) is 0 Å². The molecule has 2 aromatic rings. The van der Waals surface area contributed by atoms with Gasteiger partial charge >= 0.3 is 0 Å². The van der Waals surface area contributed by atoms with Crippen LogP contribution in [0.4, 0.5) is 0 Å². The van der Waals surface area contributed by atoms with Gasteiger partial charge in [0.1, 0.15) is 18.7 Å². The van der Waals surface area contributed by atoms with E-state index in [2.05, 4.69) is 15.2 Å². The molecule has 0 saturated heterocycles. The molecule has 0 spiro atoms. The smallest absolute Gasteiger partial charge is 0.164 e. The standard InChI is InChI=1S/C14H16N4O2/c1-2-18-14(15-9-16-18)8-20-13-5-3-4-10-11(13)6-7-12(10)17-19/h3-5,9,19H,2,6-8H2,1H3. The van der Waals surface area contributed by atoms with Gasteiger partial charge in [0, 0.05) is 17.7 Å². The second-order valence-corrected chi connectivity index (χ2v) is 4.61. The van der Waals surface area contributed by atoms with E-state index in [0.29, 0.717) is 6.61 Å². The minimum Gasteiger partial charge on any atom is -0.485 e. The summed E-state index contributed by atoms with van der Waals surface area (Å²) in [5.74, 6) is 1.63. The van der Waals surface area contributed by atoms with Gasteiger partial charge in [-0.15, -0.1) is 0 Å². The number of aromatic nitrogens is 3. The third kappa shape index (κ3) is 2.13. The average molecular weight is 272 g/mol. The highest BCUT2D eigenvalue weighted by Crippen LogP contribution is 2.31. The van der Waals surface area contributed by atoms with E-state index in [1.54, 1.807) is 0 Å². The molecule has 6 heteroatoms. The van der Waals surface area contributed by atoms with Gasteiger partial charge in [0.15, 0.2) is 5.82 Å². The molecule has 3 rings (SSSR count).